The summed E-state index contributed by atoms with van der Waals surface area (Å²) in [6.07, 6.45) is 0. The molecule has 0 heterocycles. The van der Waals surface area contributed by atoms with Gasteiger partial charge in [-0.15, -0.1) is 0 Å². The number of nitrogens with two attached hydrogens (primary N) is 1. The third kappa shape index (κ3) is 4.41. The molecule has 0 aliphatic heterocycles. The monoisotopic (exact) mass is 316 g/mol. The molecule has 0 amide bonds. The van der Waals surface area contributed by atoms with Gasteiger partial charge < -0.3 is 15.2 Å². The Kier molecular flexibility index (Phi) is 6.60. The molecule has 0 aromatic heterocycles. The van der Waals surface area contributed by atoms with Crippen molar-refractivity contribution in [1.29, 1.82) is 0 Å². The molecule has 2 N–H and O–H groups in total. The molecule has 0 aliphatic carbocycles. The number of benzene rings is 1. The molecule has 0 unspecified atom stereocenters. The van der Waals surface area contributed by atoms with Gasteiger partial charge in [0.1, 0.15) is 0 Å². The van der Waals surface area contributed by atoms with Gasteiger partial charge in [-0.25, -0.2) is 8.42 Å². The number of aryl methyl sites for hydroxylation is 2. The second-order valence-electron chi connectivity index (χ2n) is 4.87. The van der Waals surface area contributed by atoms with Crippen molar-refractivity contribution in [3.63, 3.8) is 0 Å². The van der Waals surface area contributed by atoms with E-state index in [0.29, 0.717) is 34.9 Å². The van der Waals surface area contributed by atoms with Crippen LogP contribution in [0.3, 0.4) is 0 Å². The largest absolute Gasteiger partial charge is 0.399 e. The molecule has 6 nitrogen and oxygen atoms in total. The van der Waals surface area contributed by atoms with Gasteiger partial charge in [-0.1, -0.05) is 0 Å². The lowest BCUT2D eigenvalue weighted by molar-refractivity contribution is 0.150. The summed E-state index contributed by atoms with van der Waals surface area (Å²) >= 11 is 0. The van der Waals surface area contributed by atoms with Gasteiger partial charge in [0.2, 0.25) is 10.0 Å². The predicted octanol–water partition coefficient (Wildman–Crippen LogP) is 1.17. The van der Waals surface area contributed by atoms with Gasteiger partial charge >= 0.3 is 0 Å². The number of ether oxygens (including phenoxy) is 2. The predicted molar refractivity (Wildman–Crippen MR) is 82.8 cm³/mol. The topological polar surface area (TPSA) is 81.9 Å². The molecule has 0 radical (unpaired) electrons. The number of nitrogens with zero attached hydrogens (tertiary/aromatic N) is 1. The van der Waals surface area contributed by atoms with Gasteiger partial charge in [0.05, 0.1) is 18.1 Å². The van der Waals surface area contributed by atoms with Crippen LogP contribution in [0.25, 0.3) is 0 Å². The lowest BCUT2D eigenvalue weighted by atomic mass is 10.1. The molecule has 120 valence electrons. The smallest absolute Gasteiger partial charge is 0.243 e. The third-order valence-corrected chi connectivity index (χ3v) is 5.37. The second kappa shape index (κ2) is 7.74. The summed E-state index contributed by atoms with van der Waals surface area (Å²) in [6.45, 7) is 4.73. The molecule has 0 saturated carbocycles. The van der Waals surface area contributed by atoms with Crippen LogP contribution in [-0.2, 0) is 19.5 Å². The minimum Gasteiger partial charge on any atom is -0.399 e. The molecule has 0 fully saturated rings. The molecule has 21 heavy (non-hydrogen) atoms. The number of rotatable bonds is 8. The number of methoxy groups -OCH3 is 2. The van der Waals surface area contributed by atoms with E-state index in [2.05, 4.69) is 0 Å². The number of anilines is 1. The maximum atomic E-state index is 12.9. The Balaban J connectivity index is 3.21. The van der Waals surface area contributed by atoms with Gasteiger partial charge in [0.15, 0.2) is 0 Å². The minimum absolute atomic E-state index is 0.283. The molecule has 1 aromatic rings. The Labute approximate surface area is 126 Å². The first-order valence-electron chi connectivity index (χ1n) is 6.69. The summed E-state index contributed by atoms with van der Waals surface area (Å²) in [7, 11) is -0.521. The fraction of sp³-hybridized carbons (Fsp3) is 0.571. The summed E-state index contributed by atoms with van der Waals surface area (Å²) in [6, 6.07) is 3.34. The van der Waals surface area contributed by atoms with Gasteiger partial charge in [-0.05, 0) is 37.1 Å². The zero-order chi connectivity index (χ0) is 16.0. The van der Waals surface area contributed by atoms with Crippen LogP contribution in [-0.4, -0.2) is 53.2 Å². The van der Waals surface area contributed by atoms with E-state index in [1.165, 1.54) is 4.31 Å². The summed E-state index contributed by atoms with van der Waals surface area (Å²) in [4.78, 5) is 0.309. The van der Waals surface area contributed by atoms with Crippen molar-refractivity contribution in [1.82, 2.24) is 4.31 Å². The van der Waals surface area contributed by atoms with Crippen LogP contribution in [0.15, 0.2) is 17.0 Å². The van der Waals surface area contributed by atoms with E-state index in [0.717, 1.165) is 0 Å². The molecule has 0 atom stereocenters. The molecule has 0 spiro atoms. The average Bonchev–Trinajstić information content (AvgIpc) is 2.36. The van der Waals surface area contributed by atoms with Crippen LogP contribution in [0.5, 0.6) is 0 Å². The van der Waals surface area contributed by atoms with Crippen LogP contribution >= 0.6 is 0 Å². The normalized spacial score (nSPS) is 12.0. The van der Waals surface area contributed by atoms with Crippen molar-refractivity contribution in [2.75, 3.05) is 46.3 Å². The highest BCUT2D eigenvalue weighted by Crippen LogP contribution is 2.26. The number of nitrogen functional groups attached to an aromatic ring is 1. The van der Waals surface area contributed by atoms with E-state index < -0.39 is 10.0 Å². The Morgan fingerprint density at radius 1 is 1.05 bits per heavy atom. The van der Waals surface area contributed by atoms with Crippen molar-refractivity contribution < 1.29 is 17.9 Å². The minimum atomic E-state index is -3.61. The Bertz CT molecular complexity index is 541. The summed E-state index contributed by atoms with van der Waals surface area (Å²) in [5.41, 5.74) is 7.61. The Morgan fingerprint density at radius 2 is 1.48 bits per heavy atom. The van der Waals surface area contributed by atoms with E-state index in [9.17, 15) is 8.42 Å². The lowest BCUT2D eigenvalue weighted by Crippen LogP contribution is -2.37. The quantitative estimate of drug-likeness (QED) is 0.728. The summed E-state index contributed by atoms with van der Waals surface area (Å²) in [5, 5.41) is 0. The van der Waals surface area contributed by atoms with Gasteiger partial charge in [-0.3, -0.25) is 0 Å². The maximum Gasteiger partial charge on any atom is 0.243 e. The highest BCUT2D eigenvalue weighted by Gasteiger charge is 2.27. The van der Waals surface area contributed by atoms with Crippen LogP contribution in [0.1, 0.15) is 11.1 Å². The number of hydrogen-bond acceptors (Lipinski definition) is 5. The first-order valence-corrected chi connectivity index (χ1v) is 8.13. The number of hydrogen-bond donors (Lipinski definition) is 1. The van der Waals surface area contributed by atoms with Crippen LogP contribution < -0.4 is 5.73 Å². The summed E-state index contributed by atoms with van der Waals surface area (Å²) < 4.78 is 37.1. The fourth-order valence-corrected chi connectivity index (χ4v) is 4.08. The zero-order valence-corrected chi connectivity index (χ0v) is 13.9. The lowest BCUT2D eigenvalue weighted by Gasteiger charge is -2.23. The van der Waals surface area contributed by atoms with E-state index >= 15 is 0 Å². The van der Waals surface area contributed by atoms with Crippen LogP contribution in [0, 0.1) is 13.8 Å². The van der Waals surface area contributed by atoms with E-state index in [4.69, 9.17) is 15.2 Å². The Morgan fingerprint density at radius 3 is 1.86 bits per heavy atom. The molecule has 0 aliphatic rings. The van der Waals surface area contributed by atoms with E-state index in [1.807, 2.05) is 0 Å². The molecular formula is C14H24N2O4S. The van der Waals surface area contributed by atoms with Gasteiger partial charge in [0.25, 0.3) is 0 Å². The average molecular weight is 316 g/mol. The van der Waals surface area contributed by atoms with E-state index in [1.54, 1.807) is 40.2 Å². The van der Waals surface area contributed by atoms with E-state index in [-0.39, 0.29) is 13.1 Å². The first kappa shape index (κ1) is 17.9. The molecule has 1 rings (SSSR count). The molecule has 7 heteroatoms. The molecule has 1 aromatic carbocycles. The van der Waals surface area contributed by atoms with Crippen LogP contribution in [0.4, 0.5) is 5.69 Å². The van der Waals surface area contributed by atoms with Crippen molar-refractivity contribution in [2.24, 2.45) is 0 Å². The van der Waals surface area contributed by atoms with Gasteiger partial charge in [0, 0.05) is 33.0 Å². The van der Waals surface area contributed by atoms with Crippen molar-refractivity contribution in [3.8, 4) is 0 Å². The molecule has 0 bridgehead atoms. The zero-order valence-electron chi connectivity index (χ0n) is 13.0. The van der Waals surface area contributed by atoms with Crippen molar-refractivity contribution in [3.05, 3.63) is 23.3 Å². The SMILES string of the molecule is COCCN(CCOC)S(=O)(=O)c1c(C)cc(N)cc1C. The molecular weight excluding hydrogens is 292 g/mol. The highest BCUT2D eigenvalue weighted by atomic mass is 32.2. The Hall–Kier alpha value is -1.15. The standard InChI is InChI=1S/C14H24N2O4S/c1-11-9-13(15)10-12(2)14(11)21(17,18)16(5-7-19-3)6-8-20-4/h9-10H,5-8,15H2,1-4H3. The van der Waals surface area contributed by atoms with Crippen molar-refractivity contribution >= 4 is 15.7 Å². The van der Waals surface area contributed by atoms with Crippen molar-refractivity contribution in [2.45, 2.75) is 18.7 Å². The maximum absolute atomic E-state index is 12.9. The highest BCUT2D eigenvalue weighted by molar-refractivity contribution is 7.89. The summed E-state index contributed by atoms with van der Waals surface area (Å²) in [5.74, 6) is 0. The van der Waals surface area contributed by atoms with Gasteiger partial charge in [-0.2, -0.15) is 4.31 Å². The first-order chi connectivity index (χ1) is 9.84. The van der Waals surface area contributed by atoms with Crippen LogP contribution in [0.2, 0.25) is 0 Å². The second-order valence-corrected chi connectivity index (χ2v) is 6.75. The number of sulfonamides is 1. The fourth-order valence-electron chi connectivity index (χ4n) is 2.26. The molecule has 0 saturated heterocycles. The third-order valence-electron chi connectivity index (χ3n) is 3.17.